The van der Waals surface area contributed by atoms with Crippen molar-refractivity contribution >= 4 is 22.6 Å². The molecule has 0 saturated carbocycles. The second kappa shape index (κ2) is 7.32. The zero-order valence-electron chi connectivity index (χ0n) is 12.9. The molecule has 1 aromatic carbocycles. The van der Waals surface area contributed by atoms with Gasteiger partial charge in [0.05, 0.1) is 5.56 Å². The van der Waals surface area contributed by atoms with E-state index in [-0.39, 0.29) is 11.8 Å². The summed E-state index contributed by atoms with van der Waals surface area (Å²) in [6, 6.07) is 12.8. The molecular weight excluding hydrogens is 304 g/mol. The average Bonchev–Trinajstić information content (AvgIpc) is 2.65. The highest BCUT2D eigenvalue weighted by molar-refractivity contribution is 6.05. The van der Waals surface area contributed by atoms with Gasteiger partial charge in [-0.15, -0.1) is 0 Å². The van der Waals surface area contributed by atoms with Crippen LogP contribution in [-0.2, 0) is 0 Å². The molecule has 0 unspecified atom stereocenters. The molecule has 0 aliphatic rings. The number of pyridine rings is 2. The molecule has 6 heteroatoms. The Labute approximate surface area is 138 Å². The number of fused-ring (bicyclic) bond motifs is 1. The van der Waals surface area contributed by atoms with Crippen LogP contribution in [0.25, 0.3) is 10.8 Å². The number of rotatable bonds is 5. The summed E-state index contributed by atoms with van der Waals surface area (Å²) in [5, 5.41) is 7.26. The fourth-order valence-electron chi connectivity index (χ4n) is 2.34. The van der Waals surface area contributed by atoms with Gasteiger partial charge in [0.2, 0.25) is 0 Å². The Hall–Kier alpha value is -3.28. The van der Waals surface area contributed by atoms with Crippen LogP contribution in [0.15, 0.2) is 61.1 Å². The van der Waals surface area contributed by atoms with E-state index in [1.54, 1.807) is 24.5 Å². The largest absolute Gasteiger partial charge is 0.350 e. The zero-order valence-corrected chi connectivity index (χ0v) is 12.9. The number of hydrogen-bond acceptors (Lipinski definition) is 4. The molecule has 2 N–H and O–H groups in total. The maximum Gasteiger partial charge on any atom is 0.270 e. The molecule has 0 aliphatic heterocycles. The lowest BCUT2D eigenvalue weighted by Crippen LogP contribution is -2.35. The summed E-state index contributed by atoms with van der Waals surface area (Å²) < 4.78 is 0. The summed E-state index contributed by atoms with van der Waals surface area (Å²) >= 11 is 0. The molecule has 0 fully saturated rings. The van der Waals surface area contributed by atoms with Crippen molar-refractivity contribution in [3.05, 3.63) is 72.3 Å². The highest BCUT2D eigenvalue weighted by atomic mass is 16.2. The molecule has 2 aromatic heterocycles. The standard InChI is InChI=1S/C18H16N4O2/c23-17(14-5-3-8-19-12-14)21-10-11-22-18(24)16-15-6-2-1-4-13(15)7-9-20-16/h1-9,12H,10-11H2,(H,21,23)(H,22,24). The van der Waals surface area contributed by atoms with Gasteiger partial charge in [-0.1, -0.05) is 24.3 Å². The molecule has 0 spiro atoms. The van der Waals surface area contributed by atoms with Gasteiger partial charge in [-0.25, -0.2) is 0 Å². The Morgan fingerprint density at radius 1 is 0.875 bits per heavy atom. The maximum absolute atomic E-state index is 12.3. The minimum absolute atomic E-state index is 0.222. The van der Waals surface area contributed by atoms with Crippen LogP contribution in [-0.4, -0.2) is 34.9 Å². The van der Waals surface area contributed by atoms with Crippen molar-refractivity contribution in [2.24, 2.45) is 0 Å². The second-order valence-corrected chi connectivity index (χ2v) is 5.13. The van der Waals surface area contributed by atoms with Gasteiger partial charge in [-0.3, -0.25) is 19.6 Å². The minimum Gasteiger partial charge on any atom is -0.350 e. The number of hydrogen-bond donors (Lipinski definition) is 2. The molecule has 2 amide bonds. The van der Waals surface area contributed by atoms with Crippen molar-refractivity contribution in [1.82, 2.24) is 20.6 Å². The van der Waals surface area contributed by atoms with Crippen molar-refractivity contribution in [2.75, 3.05) is 13.1 Å². The summed E-state index contributed by atoms with van der Waals surface area (Å²) in [5.74, 6) is -0.483. The molecule has 120 valence electrons. The molecule has 0 saturated heterocycles. The van der Waals surface area contributed by atoms with E-state index in [0.717, 1.165) is 10.8 Å². The first-order valence-electron chi connectivity index (χ1n) is 7.56. The van der Waals surface area contributed by atoms with E-state index >= 15 is 0 Å². The van der Waals surface area contributed by atoms with Crippen molar-refractivity contribution in [3.63, 3.8) is 0 Å². The van der Waals surface area contributed by atoms with E-state index in [0.29, 0.717) is 24.3 Å². The van der Waals surface area contributed by atoms with Gasteiger partial charge in [0, 0.05) is 37.1 Å². The van der Waals surface area contributed by atoms with Crippen molar-refractivity contribution in [2.45, 2.75) is 0 Å². The first kappa shape index (κ1) is 15.6. The van der Waals surface area contributed by atoms with Crippen LogP contribution >= 0.6 is 0 Å². The third-order valence-electron chi connectivity index (χ3n) is 3.51. The predicted octanol–water partition coefficient (Wildman–Crippen LogP) is 1.79. The Balaban J connectivity index is 1.55. The third-order valence-corrected chi connectivity index (χ3v) is 3.51. The molecule has 3 aromatic rings. The van der Waals surface area contributed by atoms with Crippen LogP contribution in [0.2, 0.25) is 0 Å². The average molecular weight is 320 g/mol. The van der Waals surface area contributed by atoms with E-state index in [1.165, 1.54) is 6.20 Å². The van der Waals surface area contributed by atoms with E-state index < -0.39 is 0 Å². The first-order chi connectivity index (χ1) is 11.8. The fraction of sp³-hybridized carbons (Fsp3) is 0.111. The van der Waals surface area contributed by atoms with Crippen LogP contribution in [0.4, 0.5) is 0 Å². The minimum atomic E-state index is -0.262. The molecule has 0 atom stereocenters. The van der Waals surface area contributed by atoms with Gasteiger partial charge in [0.15, 0.2) is 0 Å². The van der Waals surface area contributed by atoms with Gasteiger partial charge in [0.1, 0.15) is 5.69 Å². The number of carbonyl (C=O) groups excluding carboxylic acids is 2. The summed E-state index contributed by atoms with van der Waals surface area (Å²) in [6.45, 7) is 0.639. The van der Waals surface area contributed by atoms with Gasteiger partial charge in [-0.05, 0) is 23.6 Å². The van der Waals surface area contributed by atoms with E-state index in [1.807, 2.05) is 30.3 Å². The molecule has 0 aliphatic carbocycles. The number of nitrogens with one attached hydrogen (secondary N) is 2. The fourth-order valence-corrected chi connectivity index (χ4v) is 2.34. The van der Waals surface area contributed by atoms with Crippen LogP contribution < -0.4 is 10.6 Å². The third kappa shape index (κ3) is 3.55. The summed E-state index contributed by atoms with van der Waals surface area (Å²) in [6.07, 6.45) is 4.71. The van der Waals surface area contributed by atoms with E-state index in [2.05, 4.69) is 20.6 Å². The monoisotopic (exact) mass is 320 g/mol. The molecular formula is C18H16N4O2. The molecule has 0 radical (unpaired) electrons. The summed E-state index contributed by atoms with van der Waals surface area (Å²) in [4.78, 5) is 32.2. The summed E-state index contributed by atoms with van der Waals surface area (Å²) in [5.41, 5.74) is 0.867. The van der Waals surface area contributed by atoms with Crippen molar-refractivity contribution < 1.29 is 9.59 Å². The highest BCUT2D eigenvalue weighted by Gasteiger charge is 2.11. The molecule has 6 nitrogen and oxygen atoms in total. The van der Waals surface area contributed by atoms with Crippen LogP contribution in [0.5, 0.6) is 0 Å². The Bertz CT molecular complexity index is 860. The molecule has 3 rings (SSSR count). The van der Waals surface area contributed by atoms with Gasteiger partial charge < -0.3 is 10.6 Å². The normalized spacial score (nSPS) is 10.3. The van der Waals surface area contributed by atoms with Crippen LogP contribution in [0.1, 0.15) is 20.8 Å². The van der Waals surface area contributed by atoms with E-state index in [9.17, 15) is 9.59 Å². The number of carbonyl (C=O) groups is 2. The second-order valence-electron chi connectivity index (χ2n) is 5.13. The van der Waals surface area contributed by atoms with Gasteiger partial charge >= 0.3 is 0 Å². The molecule has 2 heterocycles. The molecule has 24 heavy (non-hydrogen) atoms. The molecule has 0 bridgehead atoms. The highest BCUT2D eigenvalue weighted by Crippen LogP contribution is 2.15. The Kier molecular flexibility index (Phi) is 4.76. The lowest BCUT2D eigenvalue weighted by atomic mass is 10.1. The van der Waals surface area contributed by atoms with Gasteiger partial charge in [-0.2, -0.15) is 0 Å². The summed E-state index contributed by atoms with van der Waals surface area (Å²) in [7, 11) is 0. The van der Waals surface area contributed by atoms with Crippen molar-refractivity contribution in [1.29, 1.82) is 0 Å². The smallest absolute Gasteiger partial charge is 0.270 e. The van der Waals surface area contributed by atoms with Crippen LogP contribution in [0.3, 0.4) is 0 Å². The quantitative estimate of drug-likeness (QED) is 0.702. The zero-order chi connectivity index (χ0) is 16.8. The number of amides is 2. The van der Waals surface area contributed by atoms with Gasteiger partial charge in [0.25, 0.3) is 11.8 Å². The lowest BCUT2D eigenvalue weighted by Gasteiger charge is -2.08. The van der Waals surface area contributed by atoms with Crippen LogP contribution in [0, 0.1) is 0 Å². The Morgan fingerprint density at radius 3 is 2.46 bits per heavy atom. The van der Waals surface area contributed by atoms with E-state index in [4.69, 9.17) is 0 Å². The maximum atomic E-state index is 12.3. The Morgan fingerprint density at radius 2 is 1.67 bits per heavy atom. The lowest BCUT2D eigenvalue weighted by molar-refractivity contribution is 0.0926. The number of benzene rings is 1. The number of aromatic nitrogens is 2. The SMILES string of the molecule is O=C(NCCNC(=O)c1nccc2ccccc12)c1cccnc1. The van der Waals surface area contributed by atoms with Crippen molar-refractivity contribution in [3.8, 4) is 0 Å². The first-order valence-corrected chi connectivity index (χ1v) is 7.56. The topological polar surface area (TPSA) is 84.0 Å². The number of nitrogens with zero attached hydrogens (tertiary/aromatic N) is 2. The predicted molar refractivity (Wildman–Crippen MR) is 90.6 cm³/mol.